The zero-order chi connectivity index (χ0) is 17.1. The third-order valence-corrected chi connectivity index (χ3v) is 4.14. The fourth-order valence-corrected chi connectivity index (χ4v) is 2.92. The minimum atomic E-state index is -0.445. The number of aromatic nitrogens is 1. The maximum atomic E-state index is 12.2. The van der Waals surface area contributed by atoms with E-state index in [0.717, 1.165) is 5.56 Å². The van der Waals surface area contributed by atoms with E-state index >= 15 is 0 Å². The second-order valence-corrected chi connectivity index (χ2v) is 5.95. The molecular formula is C17H22N2O5. The fourth-order valence-electron chi connectivity index (χ4n) is 2.92. The van der Waals surface area contributed by atoms with Gasteiger partial charge in [-0.25, -0.2) is 4.79 Å². The lowest BCUT2D eigenvalue weighted by atomic mass is 10.2. The van der Waals surface area contributed by atoms with Crippen LogP contribution in [0.3, 0.4) is 0 Å². The van der Waals surface area contributed by atoms with Gasteiger partial charge in [0.1, 0.15) is 6.10 Å². The highest BCUT2D eigenvalue weighted by molar-refractivity contribution is 5.77. The van der Waals surface area contributed by atoms with Crippen molar-refractivity contribution in [3.63, 3.8) is 0 Å². The Morgan fingerprint density at radius 1 is 1.42 bits per heavy atom. The lowest BCUT2D eigenvalue weighted by molar-refractivity contribution is -0.122. The first-order valence-electron chi connectivity index (χ1n) is 8.17. The number of benzene rings is 1. The fraction of sp³-hybridized carbons (Fsp3) is 0.529. The first kappa shape index (κ1) is 16.7. The number of nitrogens with zero attached hydrogens (tertiary/aromatic N) is 1. The number of oxazole rings is 1. The van der Waals surface area contributed by atoms with Crippen LogP contribution in [0.15, 0.2) is 27.4 Å². The molecule has 2 atom stereocenters. The van der Waals surface area contributed by atoms with Gasteiger partial charge < -0.3 is 19.2 Å². The summed E-state index contributed by atoms with van der Waals surface area (Å²) in [5.74, 6) is -0.580. The molecule has 1 aromatic heterocycles. The molecule has 0 saturated carbocycles. The van der Waals surface area contributed by atoms with Crippen LogP contribution < -0.4 is 11.1 Å². The van der Waals surface area contributed by atoms with Crippen LogP contribution in [0.25, 0.3) is 11.1 Å². The number of carbonyl (C=O) groups excluding carboxylic acids is 1. The summed E-state index contributed by atoms with van der Waals surface area (Å²) in [7, 11) is 0. The van der Waals surface area contributed by atoms with Gasteiger partial charge in [-0.3, -0.25) is 9.36 Å². The predicted octanol–water partition coefficient (Wildman–Crippen LogP) is 1.21. The van der Waals surface area contributed by atoms with Crippen molar-refractivity contribution in [1.82, 2.24) is 9.88 Å². The lowest BCUT2D eigenvalue weighted by Crippen LogP contribution is -2.44. The average molecular weight is 334 g/mol. The zero-order valence-electron chi connectivity index (χ0n) is 13.9. The van der Waals surface area contributed by atoms with Gasteiger partial charge in [0.25, 0.3) is 0 Å². The molecule has 2 heterocycles. The highest BCUT2D eigenvalue weighted by Gasteiger charge is 2.29. The number of aryl methyl sites for hydroxylation is 2. The predicted molar refractivity (Wildman–Crippen MR) is 88.0 cm³/mol. The summed E-state index contributed by atoms with van der Waals surface area (Å²) in [6.45, 7) is 5.65. The normalized spacial score (nSPS) is 20.6. The summed E-state index contributed by atoms with van der Waals surface area (Å²) in [6, 6.07) is 5.40. The molecule has 0 spiro atoms. The zero-order valence-corrected chi connectivity index (χ0v) is 13.9. The number of rotatable bonds is 6. The van der Waals surface area contributed by atoms with E-state index < -0.39 is 5.76 Å². The Balaban J connectivity index is 1.63. The third-order valence-electron chi connectivity index (χ3n) is 4.14. The number of ether oxygens (including phenoxy) is 2. The molecule has 130 valence electrons. The van der Waals surface area contributed by atoms with Crippen LogP contribution in [0, 0.1) is 6.92 Å². The van der Waals surface area contributed by atoms with Gasteiger partial charge in [0.2, 0.25) is 5.91 Å². The highest BCUT2D eigenvalue weighted by atomic mass is 16.5. The van der Waals surface area contributed by atoms with Crippen LogP contribution in [-0.4, -0.2) is 42.4 Å². The minimum Gasteiger partial charge on any atom is -0.408 e. The Labute approximate surface area is 139 Å². The molecule has 0 aliphatic carbocycles. The van der Waals surface area contributed by atoms with Crippen LogP contribution in [0.2, 0.25) is 0 Å². The number of amides is 1. The second-order valence-electron chi connectivity index (χ2n) is 5.95. The van der Waals surface area contributed by atoms with Crippen LogP contribution in [-0.2, 0) is 20.8 Å². The number of nitrogens with one attached hydrogen (secondary N) is 1. The van der Waals surface area contributed by atoms with Gasteiger partial charge in [-0.15, -0.1) is 0 Å². The molecule has 0 radical (unpaired) electrons. The summed E-state index contributed by atoms with van der Waals surface area (Å²) < 4.78 is 17.6. The smallest absolute Gasteiger partial charge is 0.408 e. The molecule has 1 aliphatic rings. The van der Waals surface area contributed by atoms with E-state index in [-0.39, 0.29) is 31.0 Å². The Morgan fingerprint density at radius 3 is 3.04 bits per heavy atom. The molecule has 1 aliphatic heterocycles. The van der Waals surface area contributed by atoms with Crippen molar-refractivity contribution in [2.75, 3.05) is 19.8 Å². The summed E-state index contributed by atoms with van der Waals surface area (Å²) in [5.41, 5.74) is 2.28. The molecule has 2 aromatic rings. The first-order chi connectivity index (χ1) is 11.6. The monoisotopic (exact) mass is 334 g/mol. The number of carbonyl (C=O) groups is 1. The van der Waals surface area contributed by atoms with Crippen molar-refractivity contribution in [1.29, 1.82) is 0 Å². The molecule has 1 N–H and O–H groups in total. The number of hydrogen-bond acceptors (Lipinski definition) is 5. The molecule has 1 aromatic carbocycles. The Hall–Kier alpha value is -2.12. The molecule has 1 amide bonds. The van der Waals surface area contributed by atoms with Gasteiger partial charge in [-0.05, 0) is 31.5 Å². The van der Waals surface area contributed by atoms with Crippen molar-refractivity contribution in [3.05, 3.63) is 34.3 Å². The van der Waals surface area contributed by atoms with E-state index in [1.165, 1.54) is 4.57 Å². The standard InChI is InChI=1S/C17H22N2O5/c1-3-23-15-10-22-9-12(15)18-16(20)6-7-19-13-8-11(2)4-5-14(13)24-17(19)21/h4-5,8,12,15H,3,6-7,9-10H2,1-2H3,(H,18,20). The van der Waals surface area contributed by atoms with Crippen molar-refractivity contribution < 1.29 is 18.7 Å². The SMILES string of the molecule is CCOC1COCC1NC(=O)CCn1c(=O)oc2ccc(C)cc21. The summed E-state index contributed by atoms with van der Waals surface area (Å²) >= 11 is 0. The topological polar surface area (TPSA) is 82.7 Å². The highest BCUT2D eigenvalue weighted by Crippen LogP contribution is 2.15. The number of fused-ring (bicyclic) bond motifs is 1. The maximum absolute atomic E-state index is 12.2. The van der Waals surface area contributed by atoms with Crippen LogP contribution >= 0.6 is 0 Å². The van der Waals surface area contributed by atoms with Gasteiger partial charge in [-0.2, -0.15) is 0 Å². The van der Waals surface area contributed by atoms with Crippen molar-refractivity contribution in [3.8, 4) is 0 Å². The molecule has 2 unspecified atom stereocenters. The lowest BCUT2D eigenvalue weighted by Gasteiger charge is -2.18. The van der Waals surface area contributed by atoms with Gasteiger partial charge in [0, 0.05) is 19.6 Å². The molecule has 7 nitrogen and oxygen atoms in total. The van der Waals surface area contributed by atoms with Crippen molar-refractivity contribution in [2.24, 2.45) is 0 Å². The Morgan fingerprint density at radius 2 is 2.25 bits per heavy atom. The minimum absolute atomic E-state index is 0.112. The van der Waals surface area contributed by atoms with Gasteiger partial charge in [0.15, 0.2) is 5.58 Å². The average Bonchev–Trinajstić information content (AvgIpc) is 3.09. The quantitative estimate of drug-likeness (QED) is 0.859. The maximum Gasteiger partial charge on any atom is 0.419 e. The molecule has 3 rings (SSSR count). The van der Waals surface area contributed by atoms with E-state index in [4.69, 9.17) is 13.9 Å². The largest absolute Gasteiger partial charge is 0.419 e. The molecule has 0 bridgehead atoms. The van der Waals surface area contributed by atoms with E-state index in [1.807, 2.05) is 26.0 Å². The van der Waals surface area contributed by atoms with Gasteiger partial charge in [-0.1, -0.05) is 6.07 Å². The van der Waals surface area contributed by atoms with E-state index in [0.29, 0.717) is 30.9 Å². The van der Waals surface area contributed by atoms with E-state index in [1.54, 1.807) is 6.07 Å². The van der Waals surface area contributed by atoms with Gasteiger partial charge in [0.05, 0.1) is 24.8 Å². The molecule has 1 fully saturated rings. The first-order valence-corrected chi connectivity index (χ1v) is 8.17. The number of hydrogen-bond donors (Lipinski definition) is 1. The summed E-state index contributed by atoms with van der Waals surface area (Å²) in [5, 5.41) is 2.92. The van der Waals surface area contributed by atoms with Crippen molar-refractivity contribution in [2.45, 2.75) is 39.0 Å². The molecule has 1 saturated heterocycles. The van der Waals surface area contributed by atoms with Crippen LogP contribution in [0.4, 0.5) is 0 Å². The van der Waals surface area contributed by atoms with Gasteiger partial charge >= 0.3 is 5.76 Å². The van der Waals surface area contributed by atoms with E-state index in [9.17, 15) is 9.59 Å². The third kappa shape index (κ3) is 3.52. The van der Waals surface area contributed by atoms with Crippen LogP contribution in [0.5, 0.6) is 0 Å². The molecular weight excluding hydrogens is 312 g/mol. The van der Waals surface area contributed by atoms with Crippen LogP contribution in [0.1, 0.15) is 18.9 Å². The summed E-state index contributed by atoms with van der Waals surface area (Å²) in [4.78, 5) is 24.2. The molecule has 24 heavy (non-hydrogen) atoms. The van der Waals surface area contributed by atoms with E-state index in [2.05, 4.69) is 5.32 Å². The second kappa shape index (κ2) is 7.19. The summed E-state index contributed by atoms with van der Waals surface area (Å²) in [6.07, 6.45) is 0.0803. The Kier molecular flexibility index (Phi) is 5.01. The van der Waals surface area contributed by atoms with Crippen molar-refractivity contribution >= 4 is 17.0 Å². The Bertz CT molecular complexity index is 779. The molecule has 7 heteroatoms.